The van der Waals surface area contributed by atoms with Crippen LogP contribution in [0.1, 0.15) is 26.3 Å². The quantitative estimate of drug-likeness (QED) is 0.850. The first-order chi connectivity index (χ1) is 11.8. The van der Waals surface area contributed by atoms with E-state index in [9.17, 15) is 14.4 Å². The Bertz CT molecular complexity index is 842. The normalized spacial score (nSPS) is 10.9. The van der Waals surface area contributed by atoms with Crippen LogP contribution in [0.25, 0.3) is 10.9 Å². The van der Waals surface area contributed by atoms with Crippen molar-refractivity contribution in [2.75, 3.05) is 13.1 Å². The molecule has 7 heteroatoms. The second kappa shape index (κ2) is 7.92. The highest BCUT2D eigenvalue weighted by Gasteiger charge is 2.17. The van der Waals surface area contributed by atoms with Gasteiger partial charge in [0.2, 0.25) is 11.8 Å². The van der Waals surface area contributed by atoms with E-state index in [1.165, 1.54) is 15.8 Å². The minimum absolute atomic E-state index is 0.0110. The predicted molar refractivity (Wildman–Crippen MR) is 96.3 cm³/mol. The van der Waals surface area contributed by atoms with Gasteiger partial charge in [0.15, 0.2) is 0 Å². The van der Waals surface area contributed by atoms with Crippen LogP contribution in [0.4, 0.5) is 0 Å². The Labute approximate surface area is 146 Å². The van der Waals surface area contributed by atoms with Crippen LogP contribution in [0.3, 0.4) is 0 Å². The summed E-state index contributed by atoms with van der Waals surface area (Å²) in [6.45, 7) is 7.62. The minimum atomic E-state index is -0.294. The summed E-state index contributed by atoms with van der Waals surface area (Å²) in [5, 5.41) is 3.24. The van der Waals surface area contributed by atoms with Crippen molar-refractivity contribution in [2.45, 2.75) is 40.3 Å². The monoisotopic (exact) mass is 344 g/mol. The maximum atomic E-state index is 12.6. The molecule has 0 spiro atoms. The average Bonchev–Trinajstić information content (AvgIpc) is 2.55. The highest BCUT2D eigenvalue weighted by Crippen LogP contribution is 2.11. The third-order valence-electron chi connectivity index (χ3n) is 3.88. The Hall–Kier alpha value is -2.70. The molecule has 0 fully saturated rings. The van der Waals surface area contributed by atoms with Crippen LogP contribution in [0, 0.1) is 6.92 Å². The fourth-order valence-electron chi connectivity index (χ4n) is 2.61. The van der Waals surface area contributed by atoms with Gasteiger partial charge in [-0.3, -0.25) is 19.0 Å². The van der Waals surface area contributed by atoms with E-state index in [2.05, 4.69) is 10.3 Å². The molecular weight excluding hydrogens is 320 g/mol. The molecule has 134 valence electrons. The summed E-state index contributed by atoms with van der Waals surface area (Å²) in [5.41, 5.74) is 1.29. The molecule has 2 rings (SSSR count). The molecule has 2 amide bonds. The number of rotatable bonds is 6. The zero-order chi connectivity index (χ0) is 18.6. The van der Waals surface area contributed by atoms with Crippen LogP contribution in [0.15, 0.2) is 29.3 Å². The Kier molecular flexibility index (Phi) is 5.90. The summed E-state index contributed by atoms with van der Waals surface area (Å²) < 4.78 is 1.28. The van der Waals surface area contributed by atoms with Gasteiger partial charge in [-0.15, -0.1) is 0 Å². The lowest BCUT2D eigenvalue weighted by Gasteiger charge is -2.21. The molecule has 25 heavy (non-hydrogen) atoms. The number of likely N-dealkylation sites (N-methyl/N-ethyl adjacent to an activating group) is 1. The van der Waals surface area contributed by atoms with Crippen molar-refractivity contribution in [3.63, 3.8) is 0 Å². The van der Waals surface area contributed by atoms with E-state index in [1.54, 1.807) is 19.1 Å². The van der Waals surface area contributed by atoms with Gasteiger partial charge >= 0.3 is 0 Å². The lowest BCUT2D eigenvalue weighted by atomic mass is 10.1. The maximum Gasteiger partial charge on any atom is 0.261 e. The smallest absolute Gasteiger partial charge is 0.261 e. The SMILES string of the molecule is CCN(CC(=O)NC(C)C)C(=O)Cn1cnc2c(C)cccc2c1=O. The van der Waals surface area contributed by atoms with Crippen molar-refractivity contribution in [1.82, 2.24) is 19.8 Å². The zero-order valence-electron chi connectivity index (χ0n) is 15.1. The third kappa shape index (κ3) is 4.43. The molecule has 0 radical (unpaired) electrons. The molecule has 1 aromatic carbocycles. The fraction of sp³-hybridized carbons (Fsp3) is 0.444. The molecule has 2 aromatic rings. The molecule has 0 bridgehead atoms. The van der Waals surface area contributed by atoms with Gasteiger partial charge in [0.25, 0.3) is 5.56 Å². The minimum Gasteiger partial charge on any atom is -0.352 e. The van der Waals surface area contributed by atoms with E-state index in [0.717, 1.165) is 5.56 Å². The number of hydrogen-bond donors (Lipinski definition) is 1. The number of benzene rings is 1. The number of hydrogen-bond acceptors (Lipinski definition) is 4. The molecule has 0 atom stereocenters. The average molecular weight is 344 g/mol. The molecule has 0 aliphatic carbocycles. The molecule has 0 unspecified atom stereocenters. The highest BCUT2D eigenvalue weighted by molar-refractivity contribution is 5.85. The van der Waals surface area contributed by atoms with Gasteiger partial charge in [-0.1, -0.05) is 12.1 Å². The van der Waals surface area contributed by atoms with Crippen molar-refractivity contribution in [3.05, 3.63) is 40.4 Å². The van der Waals surface area contributed by atoms with E-state index in [-0.39, 0.29) is 36.5 Å². The van der Waals surface area contributed by atoms with Crippen molar-refractivity contribution in [3.8, 4) is 0 Å². The van der Waals surface area contributed by atoms with E-state index in [4.69, 9.17) is 0 Å². The Morgan fingerprint density at radius 1 is 1.32 bits per heavy atom. The molecular formula is C18H24N4O3. The van der Waals surface area contributed by atoms with Gasteiger partial charge < -0.3 is 10.2 Å². The highest BCUT2D eigenvalue weighted by atomic mass is 16.2. The van der Waals surface area contributed by atoms with Crippen molar-refractivity contribution >= 4 is 22.7 Å². The predicted octanol–water partition coefficient (Wildman–Crippen LogP) is 1.08. The van der Waals surface area contributed by atoms with E-state index < -0.39 is 0 Å². The molecule has 7 nitrogen and oxygen atoms in total. The van der Waals surface area contributed by atoms with Crippen LogP contribution in [-0.2, 0) is 16.1 Å². The summed E-state index contributed by atoms with van der Waals surface area (Å²) in [7, 11) is 0. The summed E-state index contributed by atoms with van der Waals surface area (Å²) in [6.07, 6.45) is 1.39. The number of fused-ring (bicyclic) bond motifs is 1. The van der Waals surface area contributed by atoms with Crippen LogP contribution >= 0.6 is 0 Å². The largest absolute Gasteiger partial charge is 0.352 e. The molecule has 0 saturated carbocycles. The second-order valence-electron chi connectivity index (χ2n) is 6.28. The van der Waals surface area contributed by atoms with Gasteiger partial charge in [0.1, 0.15) is 6.54 Å². The number of amides is 2. The number of nitrogens with one attached hydrogen (secondary N) is 1. The van der Waals surface area contributed by atoms with Crippen LogP contribution in [0.2, 0.25) is 0 Å². The summed E-state index contributed by atoms with van der Waals surface area (Å²) in [5.74, 6) is -0.512. The lowest BCUT2D eigenvalue weighted by molar-refractivity contribution is -0.136. The first-order valence-electron chi connectivity index (χ1n) is 8.35. The topological polar surface area (TPSA) is 84.3 Å². The molecule has 0 saturated heterocycles. The standard InChI is InChI=1S/C18H24N4O3/c1-5-21(9-15(23)20-12(2)3)16(24)10-22-11-19-17-13(4)7-6-8-14(17)18(22)25/h6-8,11-12H,5,9-10H2,1-4H3,(H,20,23). The van der Waals surface area contributed by atoms with Crippen LogP contribution in [0.5, 0.6) is 0 Å². The van der Waals surface area contributed by atoms with Crippen molar-refractivity contribution in [2.24, 2.45) is 0 Å². The van der Waals surface area contributed by atoms with Crippen molar-refractivity contribution < 1.29 is 9.59 Å². The number of carbonyl (C=O) groups excluding carboxylic acids is 2. The number of aromatic nitrogens is 2. The van der Waals surface area contributed by atoms with Crippen LogP contribution in [-0.4, -0.2) is 45.4 Å². The Morgan fingerprint density at radius 3 is 2.68 bits per heavy atom. The summed E-state index contributed by atoms with van der Waals surface area (Å²) in [6, 6.07) is 5.39. The molecule has 0 aliphatic heterocycles. The summed E-state index contributed by atoms with van der Waals surface area (Å²) in [4.78, 5) is 42.6. The molecule has 1 aromatic heterocycles. The molecule has 1 heterocycles. The van der Waals surface area contributed by atoms with Gasteiger partial charge in [-0.05, 0) is 39.3 Å². The maximum absolute atomic E-state index is 12.6. The number of nitrogens with zero attached hydrogens (tertiary/aromatic N) is 3. The van der Waals surface area contributed by atoms with E-state index >= 15 is 0 Å². The van der Waals surface area contributed by atoms with Gasteiger partial charge in [0, 0.05) is 12.6 Å². The van der Waals surface area contributed by atoms with Gasteiger partial charge in [-0.25, -0.2) is 4.98 Å². The van der Waals surface area contributed by atoms with Gasteiger partial charge in [-0.2, -0.15) is 0 Å². The van der Waals surface area contributed by atoms with E-state index in [0.29, 0.717) is 17.4 Å². The number of carbonyl (C=O) groups is 2. The molecule has 1 N–H and O–H groups in total. The number of para-hydroxylation sites is 1. The first kappa shape index (κ1) is 18.6. The van der Waals surface area contributed by atoms with Crippen molar-refractivity contribution in [1.29, 1.82) is 0 Å². The Morgan fingerprint density at radius 2 is 2.04 bits per heavy atom. The fourth-order valence-corrected chi connectivity index (χ4v) is 2.61. The lowest BCUT2D eigenvalue weighted by Crippen LogP contribution is -2.44. The number of aryl methyl sites for hydroxylation is 1. The Balaban J connectivity index is 2.19. The zero-order valence-corrected chi connectivity index (χ0v) is 15.1. The second-order valence-corrected chi connectivity index (χ2v) is 6.28. The summed E-state index contributed by atoms with van der Waals surface area (Å²) >= 11 is 0. The molecule has 0 aliphatic rings. The van der Waals surface area contributed by atoms with E-state index in [1.807, 2.05) is 26.8 Å². The van der Waals surface area contributed by atoms with Gasteiger partial charge in [0.05, 0.1) is 23.8 Å². The first-order valence-corrected chi connectivity index (χ1v) is 8.35. The third-order valence-corrected chi connectivity index (χ3v) is 3.88. The van der Waals surface area contributed by atoms with Crippen LogP contribution < -0.4 is 10.9 Å².